The predicted molar refractivity (Wildman–Crippen MR) is 205 cm³/mol. The summed E-state index contributed by atoms with van der Waals surface area (Å²) < 4.78 is 38.2. The van der Waals surface area contributed by atoms with Crippen molar-refractivity contribution < 1.29 is 83.1 Å². The monoisotopic (exact) mass is 822 g/mol. The van der Waals surface area contributed by atoms with Crippen LogP contribution in [0.25, 0.3) is 22.3 Å². The molecule has 3 unspecified atom stereocenters. The van der Waals surface area contributed by atoms with Crippen molar-refractivity contribution in [3.63, 3.8) is 0 Å². The summed E-state index contributed by atoms with van der Waals surface area (Å²) in [6.07, 6.45) is -0.618. The molecule has 9 heterocycles. The van der Waals surface area contributed by atoms with Crippen LogP contribution < -0.4 is 52.0 Å². The number of aliphatic hydroxyl groups excluding tert-OH is 4. The van der Waals surface area contributed by atoms with Crippen LogP contribution in [0.2, 0.25) is 0 Å². The van der Waals surface area contributed by atoms with Crippen LogP contribution in [0.15, 0.2) is 73.8 Å². The van der Waals surface area contributed by atoms with Crippen molar-refractivity contribution in [2.75, 3.05) is 24.7 Å². The number of nitrogen functional groups attached to an aromatic ring is 2. The molecule has 3 fully saturated rings. The van der Waals surface area contributed by atoms with Crippen molar-refractivity contribution in [2.24, 2.45) is 0 Å². The topological polar surface area (TPSA) is 296 Å². The molecule has 11 rings (SSSR count). The Bertz CT molecular complexity index is 2420. The van der Waals surface area contributed by atoms with Crippen molar-refractivity contribution in [1.29, 1.82) is 0 Å². The fraction of sp³-hybridized carbons (Fsp3) is 0.371. The number of hydrogen-bond acceptors (Lipinski definition) is 19. The van der Waals surface area contributed by atoms with Gasteiger partial charge in [-0.2, -0.15) is 0 Å². The third kappa shape index (κ3) is 7.50. The van der Waals surface area contributed by atoms with E-state index in [2.05, 4.69) is 29.9 Å². The molecule has 4 aromatic heterocycles. The molecule has 59 heavy (non-hydrogen) atoms. The van der Waals surface area contributed by atoms with E-state index in [9.17, 15) is 15.3 Å². The molecule has 5 aliphatic heterocycles. The number of ether oxygens (including phenoxy) is 2. The number of nitrogens with zero attached hydrogens (tertiary/aromatic N) is 8. The van der Waals surface area contributed by atoms with Crippen LogP contribution in [0.1, 0.15) is 31.0 Å². The largest absolute Gasteiger partial charge is 1.00 e. The van der Waals surface area contributed by atoms with Crippen molar-refractivity contribution in [1.82, 2.24) is 39.0 Å². The minimum Gasteiger partial charge on any atom is -0.537 e. The van der Waals surface area contributed by atoms with Gasteiger partial charge < -0.3 is 65.0 Å². The molecule has 1 spiro atoms. The molecular formula is C35H41B2N10NaO11. The molecule has 24 heteroatoms. The summed E-state index contributed by atoms with van der Waals surface area (Å²) in [6, 6.07) is 15.5. The maximum Gasteiger partial charge on any atom is 1.00 e. The fourth-order valence-electron chi connectivity index (χ4n) is 7.75. The van der Waals surface area contributed by atoms with Crippen LogP contribution in [-0.4, -0.2) is 128 Å². The van der Waals surface area contributed by atoms with E-state index in [0.717, 1.165) is 22.1 Å². The molecule has 0 bridgehead atoms. The Hall–Kier alpha value is -4.17. The summed E-state index contributed by atoms with van der Waals surface area (Å²) in [7, 11) is -0.698. The number of aliphatic hydroxyl groups is 4. The van der Waals surface area contributed by atoms with Crippen LogP contribution in [0.4, 0.5) is 11.6 Å². The second kappa shape index (κ2) is 17.4. The minimum atomic E-state index is -2.09. The van der Waals surface area contributed by atoms with Gasteiger partial charge >= 0.3 is 43.4 Å². The molecule has 9 atom stereocenters. The van der Waals surface area contributed by atoms with Crippen molar-refractivity contribution >= 4 is 58.8 Å². The van der Waals surface area contributed by atoms with Gasteiger partial charge in [0.25, 0.3) is 0 Å². The standard InChI is InChI=1S/C17H17BN5O5.C10H13N5O4.C7H7BO2.CH4.Na/c19-15-12-16(21-7-20-15)23(8-22-12)17-14-13(11(5-24)26-17)27-18(28-14)10-4-2-1-3-9(10)6-25-18;11-8-5-9(13-2-12-8)15(3-14-5)10-7(18)6(17)4(1-16)19-10;9-8-7-4-2-1-3-6(7)5-10-8;;/h1-4,7-8,11,13-14,17,24H,5-6H2,(H2,19,20,21);2-4,6-7,10,16-18H,1H2,(H2,11,12,13);1-4,9H,5H2;1H4;/q-1;;;;+1/t11-,13+,14?,17-,18?;4-,6+,7?,10-;;;/m11.../s1. The minimum absolute atomic E-state index is 0. The molecule has 21 nitrogen and oxygen atoms in total. The van der Waals surface area contributed by atoms with Gasteiger partial charge in [0, 0.05) is 6.61 Å². The summed E-state index contributed by atoms with van der Waals surface area (Å²) in [6.45, 7) is -1.73. The SMILES string of the molecule is C.Nc1ncnc2c1ncn2[C@@H]1O[C@H](CO)[C@@H]2O[B-]3(OCc4ccccc43)OC21.Nc1ncnc2c1ncn2[C@@H]1O[C@H](CO)[C@H](O)C1O.OB1OCc2ccccc21.[Na+]. The quantitative estimate of drug-likeness (QED) is 0.0820. The van der Waals surface area contributed by atoms with Gasteiger partial charge in [-0.15, -0.1) is 5.46 Å². The molecule has 0 saturated carbocycles. The van der Waals surface area contributed by atoms with Crippen molar-refractivity contribution in [3.8, 4) is 0 Å². The summed E-state index contributed by atoms with van der Waals surface area (Å²) >= 11 is 0. The van der Waals surface area contributed by atoms with E-state index in [1.165, 1.54) is 23.5 Å². The molecule has 2 aromatic carbocycles. The fourth-order valence-corrected chi connectivity index (χ4v) is 7.75. The van der Waals surface area contributed by atoms with Gasteiger partial charge in [-0.05, 0) is 11.0 Å². The van der Waals surface area contributed by atoms with E-state index in [1.807, 2.05) is 48.5 Å². The predicted octanol–water partition coefficient (Wildman–Crippen LogP) is -4.98. The summed E-state index contributed by atoms with van der Waals surface area (Å²) in [5.74, 6) is 0.504. The first-order valence-electron chi connectivity index (χ1n) is 18.0. The molecular weight excluding hydrogens is 781 g/mol. The molecule has 5 aliphatic rings. The second-order valence-electron chi connectivity index (χ2n) is 13.9. The number of imidazole rings is 2. The number of benzene rings is 2. The Labute approximate surface area is 358 Å². The van der Waals surface area contributed by atoms with E-state index >= 15 is 0 Å². The van der Waals surface area contributed by atoms with Crippen molar-refractivity contribution in [3.05, 3.63) is 85.0 Å². The zero-order chi connectivity index (χ0) is 39.4. The summed E-state index contributed by atoms with van der Waals surface area (Å²) in [5, 5.41) is 47.7. The number of anilines is 2. The van der Waals surface area contributed by atoms with Crippen LogP contribution in [0, 0.1) is 0 Å². The molecule has 3 saturated heterocycles. The normalized spacial score (nSPS) is 28.6. The third-order valence-electron chi connectivity index (χ3n) is 10.6. The average molecular weight is 822 g/mol. The summed E-state index contributed by atoms with van der Waals surface area (Å²) in [5.41, 5.74) is 17.3. The van der Waals surface area contributed by atoms with Crippen LogP contribution >= 0.6 is 0 Å². The Balaban J connectivity index is 0.000000147. The van der Waals surface area contributed by atoms with Crippen LogP contribution in [0.5, 0.6) is 0 Å². The molecule has 0 radical (unpaired) electrons. The first kappa shape index (κ1) is 42.9. The number of fused-ring (bicyclic) bond motifs is 6. The number of nitrogens with two attached hydrogens (primary N) is 2. The zero-order valence-electron chi connectivity index (χ0n) is 30.9. The van der Waals surface area contributed by atoms with Crippen molar-refractivity contribution in [2.45, 2.75) is 69.7 Å². The molecule has 0 amide bonds. The average Bonchev–Trinajstić information content (AvgIpc) is 4.11. The summed E-state index contributed by atoms with van der Waals surface area (Å²) in [4.78, 5) is 24.4. The number of rotatable bonds is 4. The number of hydrogen-bond donors (Lipinski definition) is 7. The molecule has 9 N–H and O–H groups in total. The smallest absolute Gasteiger partial charge is 0.537 e. The van der Waals surface area contributed by atoms with E-state index in [4.69, 9.17) is 49.7 Å². The first-order chi connectivity index (χ1) is 27.7. The third-order valence-corrected chi connectivity index (χ3v) is 10.6. The van der Waals surface area contributed by atoms with Crippen LogP contribution in [-0.2, 0) is 41.3 Å². The molecule has 6 aromatic rings. The van der Waals surface area contributed by atoms with E-state index in [0.29, 0.717) is 35.5 Å². The van der Waals surface area contributed by atoms with E-state index < -0.39 is 69.6 Å². The van der Waals surface area contributed by atoms with Gasteiger partial charge in [0.2, 0.25) is 0 Å². The van der Waals surface area contributed by atoms with Gasteiger partial charge in [-0.25, -0.2) is 29.9 Å². The zero-order valence-corrected chi connectivity index (χ0v) is 32.9. The Morgan fingerprint density at radius 3 is 1.92 bits per heavy atom. The maximum absolute atomic E-state index is 9.95. The molecule has 0 aliphatic carbocycles. The molecule has 304 valence electrons. The van der Waals surface area contributed by atoms with E-state index in [1.54, 1.807) is 10.9 Å². The van der Waals surface area contributed by atoms with E-state index in [-0.39, 0.29) is 55.2 Å². The van der Waals surface area contributed by atoms with Crippen LogP contribution in [0.3, 0.4) is 0 Å². The Kier molecular flexibility index (Phi) is 12.7. The second-order valence-corrected chi connectivity index (χ2v) is 13.9. The van der Waals surface area contributed by atoms with Gasteiger partial charge in [0.05, 0.1) is 44.7 Å². The maximum atomic E-state index is 9.95. The first-order valence-corrected chi connectivity index (χ1v) is 18.0. The Morgan fingerprint density at radius 2 is 1.29 bits per heavy atom. The number of aromatic nitrogens is 8. The van der Waals surface area contributed by atoms with Gasteiger partial charge in [-0.3, -0.25) is 9.13 Å². The Morgan fingerprint density at radius 1 is 0.712 bits per heavy atom. The van der Waals surface area contributed by atoms with Gasteiger partial charge in [-0.1, -0.05) is 61.5 Å². The van der Waals surface area contributed by atoms with Gasteiger partial charge in [0.1, 0.15) is 48.1 Å². The van der Waals surface area contributed by atoms with Gasteiger partial charge in [0.15, 0.2) is 35.4 Å².